The van der Waals surface area contributed by atoms with Crippen molar-refractivity contribution in [3.05, 3.63) is 16.6 Å². The minimum absolute atomic E-state index is 0.627. The second-order valence-electron chi connectivity index (χ2n) is 3.54. The molecule has 0 aliphatic carbocycles. The Morgan fingerprint density at radius 1 is 1.62 bits per heavy atom. The first-order valence-corrected chi connectivity index (χ1v) is 5.34. The number of imidazole rings is 1. The molecule has 0 radical (unpaired) electrons. The first-order valence-electron chi connectivity index (χ1n) is 4.55. The lowest BCUT2D eigenvalue weighted by Gasteiger charge is -2.10. The molecule has 1 rings (SSSR count). The van der Waals surface area contributed by atoms with Gasteiger partial charge in [0.1, 0.15) is 10.4 Å². The lowest BCUT2D eigenvalue weighted by molar-refractivity contribution is 0.501. The maximum absolute atomic E-state index is 5.50. The highest BCUT2D eigenvalue weighted by Gasteiger charge is 2.07. The molecule has 4 heteroatoms. The summed E-state index contributed by atoms with van der Waals surface area (Å²) in [5.74, 6) is 1.70. The van der Waals surface area contributed by atoms with Gasteiger partial charge in [0.15, 0.2) is 0 Å². The van der Waals surface area contributed by atoms with E-state index < -0.39 is 0 Å². The highest BCUT2D eigenvalue weighted by atomic mass is 79.9. The number of nitrogens with two attached hydrogens (primary N) is 1. The van der Waals surface area contributed by atoms with Crippen LogP contribution in [-0.2, 0) is 13.0 Å². The van der Waals surface area contributed by atoms with Gasteiger partial charge in [0.05, 0.1) is 6.20 Å². The third-order valence-corrected chi connectivity index (χ3v) is 2.44. The monoisotopic (exact) mass is 245 g/mol. The number of aromatic nitrogens is 2. The van der Waals surface area contributed by atoms with E-state index in [2.05, 4.69) is 39.3 Å². The molecule has 1 heterocycles. The minimum Gasteiger partial charge on any atom is -0.330 e. The summed E-state index contributed by atoms with van der Waals surface area (Å²) in [6, 6.07) is 0. The smallest absolute Gasteiger partial charge is 0.110 e. The third kappa shape index (κ3) is 2.81. The number of nitrogens with zero attached hydrogens (tertiary/aromatic N) is 2. The van der Waals surface area contributed by atoms with Crippen LogP contribution in [0.25, 0.3) is 0 Å². The van der Waals surface area contributed by atoms with Gasteiger partial charge in [-0.3, -0.25) is 0 Å². The largest absolute Gasteiger partial charge is 0.330 e. The maximum Gasteiger partial charge on any atom is 0.110 e. The van der Waals surface area contributed by atoms with Crippen molar-refractivity contribution in [2.24, 2.45) is 11.7 Å². The zero-order valence-corrected chi connectivity index (χ0v) is 9.71. The predicted molar refractivity (Wildman–Crippen MR) is 57.5 cm³/mol. The van der Waals surface area contributed by atoms with Gasteiger partial charge in [-0.25, -0.2) is 4.98 Å². The van der Waals surface area contributed by atoms with Gasteiger partial charge in [-0.05, 0) is 28.4 Å². The van der Waals surface area contributed by atoms with E-state index in [0.717, 1.165) is 23.4 Å². The Bertz CT molecular complexity index is 268. The molecule has 2 N–H and O–H groups in total. The summed E-state index contributed by atoms with van der Waals surface area (Å²) in [6.07, 6.45) is 2.69. The zero-order chi connectivity index (χ0) is 9.84. The molecule has 0 unspecified atom stereocenters. The van der Waals surface area contributed by atoms with E-state index in [1.54, 1.807) is 0 Å². The minimum atomic E-state index is 0.627. The Balaban J connectivity index is 2.81. The lowest BCUT2D eigenvalue weighted by Crippen LogP contribution is -2.13. The van der Waals surface area contributed by atoms with Crippen LogP contribution in [0, 0.1) is 5.92 Å². The highest BCUT2D eigenvalue weighted by Crippen LogP contribution is 2.15. The molecule has 0 fully saturated rings. The molecule has 0 spiro atoms. The van der Waals surface area contributed by atoms with Gasteiger partial charge in [-0.2, -0.15) is 0 Å². The van der Waals surface area contributed by atoms with Crippen LogP contribution >= 0.6 is 15.9 Å². The van der Waals surface area contributed by atoms with E-state index in [0.29, 0.717) is 12.5 Å². The van der Waals surface area contributed by atoms with E-state index in [9.17, 15) is 0 Å². The summed E-state index contributed by atoms with van der Waals surface area (Å²) in [7, 11) is 0. The molecule has 13 heavy (non-hydrogen) atoms. The van der Waals surface area contributed by atoms with Crippen molar-refractivity contribution in [3.8, 4) is 0 Å². The van der Waals surface area contributed by atoms with Crippen molar-refractivity contribution >= 4 is 15.9 Å². The molecule has 0 aliphatic rings. The van der Waals surface area contributed by atoms with Crippen LogP contribution in [0.2, 0.25) is 0 Å². The van der Waals surface area contributed by atoms with Crippen LogP contribution in [0.4, 0.5) is 0 Å². The van der Waals surface area contributed by atoms with Crippen molar-refractivity contribution in [2.45, 2.75) is 26.8 Å². The van der Waals surface area contributed by atoms with Crippen molar-refractivity contribution in [1.29, 1.82) is 0 Å². The van der Waals surface area contributed by atoms with Crippen LogP contribution in [0.3, 0.4) is 0 Å². The topological polar surface area (TPSA) is 43.8 Å². The number of halogens is 1. The van der Waals surface area contributed by atoms with Crippen molar-refractivity contribution < 1.29 is 0 Å². The normalized spacial score (nSPS) is 11.2. The molecule has 0 amide bonds. The average Bonchev–Trinajstić information content (AvgIpc) is 2.36. The average molecular weight is 246 g/mol. The fourth-order valence-corrected chi connectivity index (χ4v) is 1.73. The van der Waals surface area contributed by atoms with Gasteiger partial charge in [-0.15, -0.1) is 0 Å². The lowest BCUT2D eigenvalue weighted by atomic mass is 10.2. The SMILES string of the molecule is CC(C)Cn1c(Br)cnc1CCN. The summed E-state index contributed by atoms with van der Waals surface area (Å²) >= 11 is 3.48. The van der Waals surface area contributed by atoms with Gasteiger partial charge < -0.3 is 10.3 Å². The van der Waals surface area contributed by atoms with E-state index in [1.807, 2.05) is 6.20 Å². The van der Waals surface area contributed by atoms with Crippen LogP contribution in [0.1, 0.15) is 19.7 Å². The van der Waals surface area contributed by atoms with Crippen LogP contribution < -0.4 is 5.73 Å². The molecule has 0 saturated heterocycles. The molecule has 0 aromatic carbocycles. The van der Waals surface area contributed by atoms with Gasteiger partial charge in [-0.1, -0.05) is 13.8 Å². The maximum atomic E-state index is 5.50. The van der Waals surface area contributed by atoms with Crippen molar-refractivity contribution in [3.63, 3.8) is 0 Å². The molecule has 0 saturated carbocycles. The quantitative estimate of drug-likeness (QED) is 0.880. The molecule has 3 nitrogen and oxygen atoms in total. The Morgan fingerprint density at radius 3 is 2.85 bits per heavy atom. The van der Waals surface area contributed by atoms with E-state index in [4.69, 9.17) is 5.73 Å². The third-order valence-electron chi connectivity index (χ3n) is 1.81. The summed E-state index contributed by atoms with van der Waals surface area (Å²) in [5, 5.41) is 0. The van der Waals surface area contributed by atoms with Crippen molar-refractivity contribution in [2.75, 3.05) is 6.54 Å². The molecule has 0 bridgehead atoms. The van der Waals surface area contributed by atoms with Crippen LogP contribution in [0.15, 0.2) is 10.8 Å². The second kappa shape index (κ2) is 4.77. The summed E-state index contributed by atoms with van der Waals surface area (Å²) in [4.78, 5) is 4.29. The molecule has 0 aliphatic heterocycles. The van der Waals surface area contributed by atoms with Crippen LogP contribution in [-0.4, -0.2) is 16.1 Å². The summed E-state index contributed by atoms with van der Waals surface area (Å²) < 4.78 is 3.22. The van der Waals surface area contributed by atoms with E-state index in [-0.39, 0.29) is 0 Å². The Labute approximate surface area is 87.5 Å². The van der Waals surface area contributed by atoms with Gasteiger partial charge in [0.25, 0.3) is 0 Å². The van der Waals surface area contributed by atoms with Crippen molar-refractivity contribution in [1.82, 2.24) is 9.55 Å². The number of rotatable bonds is 4. The molecule has 1 aromatic rings. The van der Waals surface area contributed by atoms with Gasteiger partial charge >= 0.3 is 0 Å². The zero-order valence-electron chi connectivity index (χ0n) is 8.13. The Morgan fingerprint density at radius 2 is 2.31 bits per heavy atom. The Hall–Kier alpha value is -0.350. The number of hydrogen-bond acceptors (Lipinski definition) is 2. The van der Waals surface area contributed by atoms with Gasteiger partial charge in [0, 0.05) is 13.0 Å². The Kier molecular flexibility index (Phi) is 3.93. The van der Waals surface area contributed by atoms with Gasteiger partial charge in [0.2, 0.25) is 0 Å². The standard InChI is InChI=1S/C9H16BrN3/c1-7(2)6-13-8(10)5-12-9(13)3-4-11/h5,7H,3-4,6,11H2,1-2H3. The molecular weight excluding hydrogens is 230 g/mol. The first-order chi connectivity index (χ1) is 6.15. The fraction of sp³-hybridized carbons (Fsp3) is 0.667. The molecular formula is C9H16BrN3. The highest BCUT2D eigenvalue weighted by molar-refractivity contribution is 9.10. The molecule has 0 atom stereocenters. The van der Waals surface area contributed by atoms with Crippen LogP contribution in [0.5, 0.6) is 0 Å². The first kappa shape index (κ1) is 10.7. The summed E-state index contributed by atoms with van der Waals surface area (Å²) in [5.41, 5.74) is 5.50. The number of hydrogen-bond donors (Lipinski definition) is 1. The predicted octanol–water partition coefficient (Wildman–Crippen LogP) is 1.80. The van der Waals surface area contributed by atoms with E-state index >= 15 is 0 Å². The van der Waals surface area contributed by atoms with E-state index in [1.165, 1.54) is 0 Å². The molecule has 1 aromatic heterocycles. The summed E-state index contributed by atoms with van der Waals surface area (Å²) in [6.45, 7) is 6.04. The second-order valence-corrected chi connectivity index (χ2v) is 4.35. The molecule has 74 valence electrons. The fourth-order valence-electron chi connectivity index (χ4n) is 1.28.